The van der Waals surface area contributed by atoms with E-state index in [4.69, 9.17) is 4.74 Å². The van der Waals surface area contributed by atoms with Crippen LogP contribution in [0.4, 0.5) is 0 Å². The average molecular weight is 273 g/mol. The number of amides is 1. The van der Waals surface area contributed by atoms with Crippen molar-refractivity contribution in [3.63, 3.8) is 0 Å². The van der Waals surface area contributed by atoms with Gasteiger partial charge in [0.2, 0.25) is 0 Å². The maximum absolute atomic E-state index is 12.0. The lowest BCUT2D eigenvalue weighted by molar-refractivity contribution is 0.0945. The number of aromatic nitrogens is 4. The van der Waals surface area contributed by atoms with Crippen molar-refractivity contribution in [2.75, 3.05) is 19.8 Å². The molecular formula is C13H15N5O2. The van der Waals surface area contributed by atoms with Gasteiger partial charge in [0, 0.05) is 24.6 Å². The Labute approximate surface area is 115 Å². The summed E-state index contributed by atoms with van der Waals surface area (Å²) in [5.41, 5.74) is 1.44. The lowest BCUT2D eigenvalue weighted by Gasteiger charge is -2.09. The number of nitrogens with one attached hydrogen (secondary N) is 1. The molecule has 2 aromatic rings. The summed E-state index contributed by atoms with van der Waals surface area (Å²) in [6.07, 6.45) is 2.52. The lowest BCUT2D eigenvalue weighted by atomic mass is 10.1. The molecule has 1 aromatic heterocycles. The second kappa shape index (κ2) is 5.79. The number of carbonyl (C=O) groups is 1. The largest absolute Gasteiger partial charge is 0.381 e. The fraction of sp³-hybridized carbons (Fsp3) is 0.385. The first kappa shape index (κ1) is 12.7. The Morgan fingerprint density at radius 3 is 2.90 bits per heavy atom. The predicted molar refractivity (Wildman–Crippen MR) is 70.4 cm³/mol. The molecule has 0 spiro atoms. The molecule has 104 valence electrons. The van der Waals surface area contributed by atoms with Gasteiger partial charge in [-0.25, -0.2) is 4.68 Å². The molecule has 0 radical (unpaired) electrons. The van der Waals surface area contributed by atoms with Crippen molar-refractivity contribution < 1.29 is 9.53 Å². The maximum atomic E-state index is 12.0. The molecule has 1 aromatic carbocycles. The zero-order valence-corrected chi connectivity index (χ0v) is 10.9. The molecule has 1 aliphatic rings. The minimum Gasteiger partial charge on any atom is -0.381 e. The Balaban J connectivity index is 1.60. The van der Waals surface area contributed by atoms with Crippen molar-refractivity contribution in [3.05, 3.63) is 36.2 Å². The van der Waals surface area contributed by atoms with Crippen molar-refractivity contribution in [2.24, 2.45) is 5.92 Å². The average Bonchev–Trinajstić information content (AvgIpc) is 3.18. The van der Waals surface area contributed by atoms with Crippen LogP contribution in [0.25, 0.3) is 5.69 Å². The number of hydrogen-bond acceptors (Lipinski definition) is 5. The van der Waals surface area contributed by atoms with Crippen molar-refractivity contribution in [1.29, 1.82) is 0 Å². The number of rotatable bonds is 4. The van der Waals surface area contributed by atoms with Crippen LogP contribution >= 0.6 is 0 Å². The van der Waals surface area contributed by atoms with Gasteiger partial charge in [-0.3, -0.25) is 4.79 Å². The van der Waals surface area contributed by atoms with Gasteiger partial charge >= 0.3 is 0 Å². The highest BCUT2D eigenvalue weighted by atomic mass is 16.5. The molecule has 7 nitrogen and oxygen atoms in total. The van der Waals surface area contributed by atoms with Gasteiger partial charge in [0.15, 0.2) is 0 Å². The van der Waals surface area contributed by atoms with Crippen LogP contribution in [0.1, 0.15) is 16.8 Å². The number of nitrogens with zero attached hydrogens (tertiary/aromatic N) is 4. The standard InChI is InChI=1S/C13H15N5O2/c19-13(14-7-10-5-6-20-8-10)11-1-3-12(4-2-11)18-9-15-16-17-18/h1-4,9-10H,5-8H2,(H,14,19)/t10-/m1/s1. The molecule has 0 aliphatic carbocycles. The van der Waals surface area contributed by atoms with E-state index in [0.717, 1.165) is 25.3 Å². The monoisotopic (exact) mass is 273 g/mol. The Morgan fingerprint density at radius 2 is 2.25 bits per heavy atom. The highest BCUT2D eigenvalue weighted by Gasteiger charge is 2.16. The predicted octanol–water partition coefficient (Wildman–Crippen LogP) is 0.429. The Bertz CT molecular complexity index is 561. The number of hydrogen-bond donors (Lipinski definition) is 1. The molecule has 0 saturated carbocycles. The van der Waals surface area contributed by atoms with Gasteiger partial charge in [0.05, 0.1) is 12.3 Å². The second-order valence-electron chi connectivity index (χ2n) is 4.74. The first-order valence-corrected chi connectivity index (χ1v) is 6.52. The SMILES string of the molecule is O=C(NC[C@H]1CCOC1)c1ccc(-n2cnnn2)cc1. The maximum Gasteiger partial charge on any atom is 0.251 e. The molecule has 0 bridgehead atoms. The van der Waals surface area contributed by atoms with Crippen molar-refractivity contribution in [1.82, 2.24) is 25.5 Å². The second-order valence-corrected chi connectivity index (χ2v) is 4.74. The number of carbonyl (C=O) groups excluding carboxylic acids is 1. The Hall–Kier alpha value is -2.28. The third-order valence-electron chi connectivity index (χ3n) is 3.32. The van der Waals surface area contributed by atoms with Crippen LogP contribution in [-0.2, 0) is 4.74 Å². The third kappa shape index (κ3) is 2.83. The molecular weight excluding hydrogens is 258 g/mol. The molecule has 0 unspecified atom stereocenters. The first-order valence-electron chi connectivity index (χ1n) is 6.52. The zero-order valence-electron chi connectivity index (χ0n) is 10.9. The van der Waals surface area contributed by atoms with Crippen molar-refractivity contribution in [2.45, 2.75) is 6.42 Å². The van der Waals surface area contributed by atoms with Crippen LogP contribution in [0.15, 0.2) is 30.6 Å². The molecule has 1 saturated heterocycles. The Kier molecular flexibility index (Phi) is 3.69. The van der Waals surface area contributed by atoms with Gasteiger partial charge in [-0.1, -0.05) is 0 Å². The van der Waals surface area contributed by atoms with E-state index < -0.39 is 0 Å². The van der Waals surface area contributed by atoms with E-state index in [-0.39, 0.29) is 5.91 Å². The van der Waals surface area contributed by atoms with Crippen LogP contribution in [0.3, 0.4) is 0 Å². The molecule has 1 N–H and O–H groups in total. The van der Waals surface area contributed by atoms with E-state index in [1.807, 2.05) is 12.1 Å². The van der Waals surface area contributed by atoms with E-state index >= 15 is 0 Å². The normalized spacial score (nSPS) is 18.1. The summed E-state index contributed by atoms with van der Waals surface area (Å²) in [4.78, 5) is 12.0. The van der Waals surface area contributed by atoms with E-state index in [2.05, 4.69) is 20.8 Å². The fourth-order valence-corrected chi connectivity index (χ4v) is 2.13. The van der Waals surface area contributed by atoms with Gasteiger partial charge in [-0.05, 0) is 41.1 Å². The summed E-state index contributed by atoms with van der Waals surface area (Å²) in [6.45, 7) is 2.19. The van der Waals surface area contributed by atoms with Crippen molar-refractivity contribution >= 4 is 5.91 Å². The van der Waals surface area contributed by atoms with Crippen LogP contribution in [0, 0.1) is 5.92 Å². The van der Waals surface area contributed by atoms with Crippen molar-refractivity contribution in [3.8, 4) is 5.69 Å². The van der Waals surface area contributed by atoms with Crippen LogP contribution in [-0.4, -0.2) is 45.9 Å². The highest BCUT2D eigenvalue weighted by Crippen LogP contribution is 2.11. The van der Waals surface area contributed by atoms with Crippen LogP contribution in [0.5, 0.6) is 0 Å². The van der Waals surface area contributed by atoms with E-state index in [1.54, 1.807) is 12.1 Å². The lowest BCUT2D eigenvalue weighted by Crippen LogP contribution is -2.29. The number of benzene rings is 1. The molecule has 1 atom stereocenters. The fourth-order valence-electron chi connectivity index (χ4n) is 2.13. The quantitative estimate of drug-likeness (QED) is 0.873. The number of ether oxygens (including phenoxy) is 1. The molecule has 7 heteroatoms. The molecule has 1 fully saturated rings. The molecule has 2 heterocycles. The first-order chi connectivity index (χ1) is 9.83. The summed E-state index contributed by atoms with van der Waals surface area (Å²) < 4.78 is 6.82. The van der Waals surface area contributed by atoms with E-state index in [1.165, 1.54) is 11.0 Å². The smallest absolute Gasteiger partial charge is 0.251 e. The molecule has 1 aliphatic heterocycles. The highest BCUT2D eigenvalue weighted by molar-refractivity contribution is 5.94. The van der Waals surface area contributed by atoms with Gasteiger partial charge in [0.1, 0.15) is 6.33 Å². The summed E-state index contributed by atoms with van der Waals surface area (Å²) >= 11 is 0. The minimum atomic E-state index is -0.0693. The van der Waals surface area contributed by atoms with Crippen LogP contribution in [0.2, 0.25) is 0 Å². The van der Waals surface area contributed by atoms with Gasteiger partial charge < -0.3 is 10.1 Å². The van der Waals surface area contributed by atoms with Gasteiger partial charge in [-0.15, -0.1) is 5.10 Å². The summed E-state index contributed by atoms with van der Waals surface area (Å²) in [5.74, 6) is 0.361. The molecule has 20 heavy (non-hydrogen) atoms. The van der Waals surface area contributed by atoms with E-state index in [0.29, 0.717) is 18.0 Å². The summed E-state index contributed by atoms with van der Waals surface area (Å²) in [5, 5.41) is 13.9. The minimum absolute atomic E-state index is 0.0693. The third-order valence-corrected chi connectivity index (χ3v) is 3.32. The Morgan fingerprint density at radius 1 is 1.40 bits per heavy atom. The van der Waals surface area contributed by atoms with Gasteiger partial charge in [0.25, 0.3) is 5.91 Å². The van der Waals surface area contributed by atoms with Crippen LogP contribution < -0.4 is 5.32 Å². The topological polar surface area (TPSA) is 81.9 Å². The summed E-state index contributed by atoms with van der Waals surface area (Å²) in [7, 11) is 0. The number of tetrazole rings is 1. The summed E-state index contributed by atoms with van der Waals surface area (Å²) in [6, 6.07) is 7.14. The zero-order chi connectivity index (χ0) is 13.8. The molecule has 3 rings (SSSR count). The van der Waals surface area contributed by atoms with Gasteiger partial charge in [-0.2, -0.15) is 0 Å². The molecule has 1 amide bonds. The van der Waals surface area contributed by atoms with E-state index in [9.17, 15) is 4.79 Å².